The third kappa shape index (κ3) is 69.8. The van der Waals surface area contributed by atoms with Gasteiger partial charge in [-0.05, 0) is 37.5 Å². The van der Waals surface area contributed by atoms with Crippen LogP contribution in [0.5, 0.6) is 0 Å². The molecular formula is C79H154O17P2. The van der Waals surface area contributed by atoms with E-state index < -0.39 is 97.5 Å². The molecule has 3 N–H and O–H groups in total. The van der Waals surface area contributed by atoms with Crippen molar-refractivity contribution in [3.05, 3.63) is 0 Å². The Labute approximate surface area is 600 Å². The van der Waals surface area contributed by atoms with Crippen molar-refractivity contribution in [3.8, 4) is 0 Å². The molecule has 7 atom stereocenters. The number of rotatable bonds is 78. The van der Waals surface area contributed by atoms with Gasteiger partial charge in [-0.1, -0.05) is 363 Å². The lowest BCUT2D eigenvalue weighted by Crippen LogP contribution is -2.30. The number of aliphatic hydroxyl groups excluding tert-OH is 1. The summed E-state index contributed by atoms with van der Waals surface area (Å²) in [5, 5.41) is 10.6. The molecule has 582 valence electrons. The summed E-state index contributed by atoms with van der Waals surface area (Å²) >= 11 is 0. The van der Waals surface area contributed by atoms with Crippen molar-refractivity contribution in [2.45, 2.75) is 432 Å². The van der Waals surface area contributed by atoms with Gasteiger partial charge in [-0.25, -0.2) is 9.13 Å². The number of hydrogen-bond acceptors (Lipinski definition) is 15. The summed E-state index contributed by atoms with van der Waals surface area (Å²) < 4.78 is 68.6. The summed E-state index contributed by atoms with van der Waals surface area (Å²) in [5.41, 5.74) is 0. The number of ether oxygens (including phenoxy) is 4. The van der Waals surface area contributed by atoms with Gasteiger partial charge in [0.2, 0.25) is 0 Å². The molecule has 0 aromatic carbocycles. The number of phosphoric acid groups is 2. The number of carbonyl (C=O) groups is 4. The van der Waals surface area contributed by atoms with E-state index in [0.717, 1.165) is 102 Å². The summed E-state index contributed by atoms with van der Waals surface area (Å²) in [6.07, 6.45) is 59.6. The van der Waals surface area contributed by atoms with Gasteiger partial charge in [-0.3, -0.25) is 37.3 Å². The lowest BCUT2D eigenvalue weighted by molar-refractivity contribution is -0.161. The second-order valence-corrected chi connectivity index (χ2v) is 31.8. The van der Waals surface area contributed by atoms with Gasteiger partial charge in [-0.15, -0.1) is 0 Å². The van der Waals surface area contributed by atoms with Crippen LogP contribution < -0.4 is 0 Å². The highest BCUT2D eigenvalue weighted by molar-refractivity contribution is 7.47. The highest BCUT2D eigenvalue weighted by Gasteiger charge is 2.30. The van der Waals surface area contributed by atoms with Crippen LogP contribution in [0.1, 0.15) is 414 Å². The second kappa shape index (κ2) is 70.7. The summed E-state index contributed by atoms with van der Waals surface area (Å²) in [6.45, 7) is 9.64. The normalized spacial score (nSPS) is 14.5. The molecule has 0 amide bonds. The van der Waals surface area contributed by atoms with Crippen LogP contribution >= 0.6 is 15.6 Å². The van der Waals surface area contributed by atoms with Gasteiger partial charge < -0.3 is 33.8 Å². The molecule has 98 heavy (non-hydrogen) atoms. The van der Waals surface area contributed by atoms with Crippen molar-refractivity contribution in [2.75, 3.05) is 39.6 Å². The van der Waals surface area contributed by atoms with Gasteiger partial charge in [0.05, 0.1) is 26.4 Å². The van der Waals surface area contributed by atoms with Gasteiger partial charge in [0.15, 0.2) is 12.2 Å². The molecule has 0 aromatic rings. The maximum absolute atomic E-state index is 13.1. The number of phosphoric ester groups is 2. The SMILES string of the molecule is CCCCCCCCCCCCCCCCCCCCCCCC(=O)O[C@H](COC(=O)CCCCCCCCCCCCC(C)CC)COP(=O)(O)OC[C@@H](O)COP(=O)(O)OC[C@@H](COC(=O)CCCCCCCCCCCCC)OC(=O)CCCCCCCCCCC(C)CC. The van der Waals surface area contributed by atoms with Crippen molar-refractivity contribution >= 4 is 39.5 Å². The van der Waals surface area contributed by atoms with Crippen molar-refractivity contribution in [2.24, 2.45) is 11.8 Å². The van der Waals surface area contributed by atoms with Crippen molar-refractivity contribution in [3.63, 3.8) is 0 Å². The minimum atomic E-state index is -4.96. The van der Waals surface area contributed by atoms with E-state index in [9.17, 15) is 43.2 Å². The van der Waals surface area contributed by atoms with Crippen LogP contribution in [0.4, 0.5) is 0 Å². The van der Waals surface area contributed by atoms with E-state index in [1.165, 1.54) is 231 Å². The number of esters is 4. The number of unbranched alkanes of at least 4 members (excludes halogenated alkanes) is 46. The fraction of sp³-hybridized carbons (Fsp3) is 0.949. The molecule has 0 saturated carbocycles. The zero-order valence-corrected chi connectivity index (χ0v) is 65.9. The lowest BCUT2D eigenvalue weighted by atomic mass is 9.99. The molecule has 0 rings (SSSR count). The van der Waals surface area contributed by atoms with E-state index in [0.29, 0.717) is 25.7 Å². The highest BCUT2D eigenvalue weighted by Crippen LogP contribution is 2.45. The van der Waals surface area contributed by atoms with Crippen LogP contribution in [0.25, 0.3) is 0 Å². The molecule has 0 saturated heterocycles. The summed E-state index contributed by atoms with van der Waals surface area (Å²) in [6, 6.07) is 0. The topological polar surface area (TPSA) is 237 Å². The van der Waals surface area contributed by atoms with Crippen molar-refractivity contribution in [1.82, 2.24) is 0 Å². The second-order valence-electron chi connectivity index (χ2n) is 28.9. The summed E-state index contributed by atoms with van der Waals surface area (Å²) in [7, 11) is -9.92. The maximum Gasteiger partial charge on any atom is 0.472 e. The Morgan fingerprint density at radius 1 is 0.286 bits per heavy atom. The van der Waals surface area contributed by atoms with E-state index in [1.807, 2.05) is 0 Å². The number of aliphatic hydroxyl groups is 1. The molecule has 0 aromatic heterocycles. The largest absolute Gasteiger partial charge is 0.472 e. The van der Waals surface area contributed by atoms with Crippen LogP contribution in [0.2, 0.25) is 0 Å². The predicted molar refractivity (Wildman–Crippen MR) is 400 cm³/mol. The molecular weight excluding hydrogens is 1280 g/mol. The lowest BCUT2D eigenvalue weighted by Gasteiger charge is -2.21. The molecule has 4 unspecified atom stereocenters. The van der Waals surface area contributed by atoms with E-state index in [4.69, 9.17) is 37.0 Å². The van der Waals surface area contributed by atoms with Gasteiger partial charge in [0, 0.05) is 25.7 Å². The number of hydrogen-bond donors (Lipinski definition) is 3. The minimum Gasteiger partial charge on any atom is -0.462 e. The van der Waals surface area contributed by atoms with E-state index in [1.54, 1.807) is 0 Å². The van der Waals surface area contributed by atoms with Gasteiger partial charge in [-0.2, -0.15) is 0 Å². The van der Waals surface area contributed by atoms with Crippen LogP contribution in [0, 0.1) is 11.8 Å². The average Bonchev–Trinajstić information content (AvgIpc) is 1.01. The molecule has 17 nitrogen and oxygen atoms in total. The summed E-state index contributed by atoms with van der Waals surface area (Å²) in [4.78, 5) is 72.9. The van der Waals surface area contributed by atoms with Crippen molar-refractivity contribution < 1.29 is 80.2 Å². The van der Waals surface area contributed by atoms with E-state index in [2.05, 4.69) is 41.5 Å². The first-order valence-electron chi connectivity index (χ1n) is 41.1. The molecule has 0 spiro atoms. The van der Waals surface area contributed by atoms with Crippen LogP contribution in [-0.2, 0) is 65.4 Å². The molecule has 0 aliphatic carbocycles. The predicted octanol–water partition coefficient (Wildman–Crippen LogP) is 23.5. The monoisotopic (exact) mass is 1440 g/mol. The van der Waals surface area contributed by atoms with E-state index in [-0.39, 0.29) is 25.7 Å². The van der Waals surface area contributed by atoms with Crippen LogP contribution in [0.15, 0.2) is 0 Å². The molecule has 0 heterocycles. The molecule has 0 radical (unpaired) electrons. The Morgan fingerprint density at radius 3 is 0.724 bits per heavy atom. The fourth-order valence-corrected chi connectivity index (χ4v) is 13.7. The Balaban J connectivity index is 5.22. The third-order valence-corrected chi connectivity index (χ3v) is 21.1. The standard InChI is InChI=1S/C79H154O17P2/c1-7-11-13-15-17-19-21-22-23-24-25-26-27-28-29-30-32-38-45-51-57-63-78(83)95-74(67-90-77(82)62-56-50-44-37-34-33-35-41-47-53-59-71(5)9-3)69-93-97(85,86)91-65-73(80)66-92-98(87,88)94-70-75(68-89-76(81)61-55-49-43-36-31-20-18-16-14-12-8-2)96-79(84)64-58-52-46-40-39-42-48-54-60-72(6)10-4/h71-75,80H,7-70H2,1-6H3,(H,85,86)(H,87,88)/t71?,72?,73-,74-,75-/m1/s1. The van der Waals surface area contributed by atoms with Crippen molar-refractivity contribution in [1.29, 1.82) is 0 Å². The van der Waals surface area contributed by atoms with Gasteiger partial charge in [0.1, 0.15) is 19.3 Å². The Bertz CT molecular complexity index is 1890. The Kier molecular flexibility index (Phi) is 69.3. The Hall–Kier alpha value is -1.94. The first-order chi connectivity index (χ1) is 47.4. The zero-order valence-electron chi connectivity index (χ0n) is 64.1. The molecule has 0 bridgehead atoms. The average molecular weight is 1440 g/mol. The molecule has 19 heteroatoms. The third-order valence-electron chi connectivity index (χ3n) is 19.2. The van der Waals surface area contributed by atoms with E-state index >= 15 is 0 Å². The maximum atomic E-state index is 13.1. The zero-order chi connectivity index (χ0) is 72.1. The van der Waals surface area contributed by atoms with Gasteiger partial charge in [0.25, 0.3) is 0 Å². The smallest absolute Gasteiger partial charge is 0.462 e. The molecule has 0 aliphatic rings. The number of carbonyl (C=O) groups excluding carboxylic acids is 4. The van der Waals surface area contributed by atoms with Gasteiger partial charge >= 0.3 is 39.5 Å². The summed E-state index contributed by atoms with van der Waals surface area (Å²) in [5.74, 6) is -0.534. The highest BCUT2D eigenvalue weighted by atomic mass is 31.2. The molecule has 0 fully saturated rings. The first-order valence-corrected chi connectivity index (χ1v) is 44.1. The molecule has 0 aliphatic heterocycles. The first kappa shape index (κ1) is 96.1. The fourth-order valence-electron chi connectivity index (χ4n) is 12.1. The quantitative estimate of drug-likeness (QED) is 0.0222. The minimum absolute atomic E-state index is 0.105. The van der Waals surface area contributed by atoms with Crippen LogP contribution in [-0.4, -0.2) is 96.7 Å². The van der Waals surface area contributed by atoms with Crippen LogP contribution in [0.3, 0.4) is 0 Å². The Morgan fingerprint density at radius 2 is 0.490 bits per heavy atom.